The van der Waals surface area contributed by atoms with Gasteiger partial charge < -0.3 is 30.8 Å². The number of nitrogens with zero attached hydrogens (tertiary/aromatic N) is 2. The van der Waals surface area contributed by atoms with Crippen LogP contribution in [0.15, 0.2) is 132 Å². The number of esters is 1. The Labute approximate surface area is 417 Å². The first-order valence-corrected chi connectivity index (χ1v) is 25.0. The van der Waals surface area contributed by atoms with Crippen LogP contribution < -0.4 is 27.2 Å². The molecule has 0 radical (unpaired) electrons. The van der Waals surface area contributed by atoms with Crippen LogP contribution in [0.5, 0.6) is 0 Å². The number of cyclic esters (lactones) is 1. The summed E-state index contributed by atoms with van der Waals surface area (Å²) in [5.41, 5.74) is 12.9. The fraction of sp³-hybridized carbons (Fsp3) is 0.305. The Kier molecular flexibility index (Phi) is 13.2. The molecule has 6 N–H and O–H groups in total. The molecule has 12 nitrogen and oxygen atoms in total. The van der Waals surface area contributed by atoms with E-state index in [2.05, 4.69) is 71.4 Å². The van der Waals surface area contributed by atoms with Gasteiger partial charge in [0.2, 0.25) is 11.8 Å². The maximum absolute atomic E-state index is 15.7. The number of aliphatic hydroxyl groups is 1. The van der Waals surface area contributed by atoms with Gasteiger partial charge in [-0.1, -0.05) is 128 Å². The van der Waals surface area contributed by atoms with Gasteiger partial charge in [-0.2, -0.15) is 0 Å². The summed E-state index contributed by atoms with van der Waals surface area (Å²) in [7, 11) is 0. The Morgan fingerprint density at radius 3 is 2.19 bits per heavy atom. The van der Waals surface area contributed by atoms with E-state index in [1.165, 1.54) is 6.07 Å². The molecule has 4 atom stereocenters. The molecule has 0 fully saturated rings. The second kappa shape index (κ2) is 19.7. The van der Waals surface area contributed by atoms with Gasteiger partial charge in [0.05, 0.1) is 46.6 Å². The van der Waals surface area contributed by atoms with Crippen LogP contribution in [0, 0.1) is 19.7 Å². The first-order valence-electron chi connectivity index (χ1n) is 25.0. The van der Waals surface area contributed by atoms with Crippen molar-refractivity contribution in [2.24, 2.45) is 5.73 Å². The van der Waals surface area contributed by atoms with Crippen molar-refractivity contribution in [3.63, 3.8) is 0 Å². The standard InChI is InChI=1S/C59H59FN6O6/c1-4-58(71)44-31-50-53-42(33-66(50)56(69)43(44)34-72-57(58)70)52-47(28-27-41-36(3)45(60)32-49(63-53)51(41)52)64-55(68)48(65-54(67)46(61)30-37-16-8-5-9-17-37)22-14-15-29-62-59(38-18-10-6-11-19-38,39-20-12-7-13-21-39)40-25-23-35(2)24-26-40/h5-13,16-21,23-26,31-32,46-48,62,71H,4,14-15,22,27-30,33-34,61H2,1-3H3,(H,64,68)(H,65,67)/t46?,47-,48?,58-/m0/s1. The Balaban J connectivity index is 0.963. The maximum Gasteiger partial charge on any atom is 0.343 e. The zero-order chi connectivity index (χ0) is 50.3. The monoisotopic (exact) mass is 966 g/mol. The first kappa shape index (κ1) is 48.3. The number of nitrogens with two attached hydrogens (primary N) is 1. The third-order valence-corrected chi connectivity index (χ3v) is 15.2. The summed E-state index contributed by atoms with van der Waals surface area (Å²) in [5.74, 6) is -2.11. The molecule has 1 aliphatic carbocycles. The SMILES string of the molecule is CC[C@@]1(O)C(=O)OCc2c1cc1n(c2=O)Cc2c-1nc1cc(F)c(C)c3c1c2[C@@H](NC(=O)C(CCCCNC(c1ccccc1)(c1ccccc1)c1ccc(C)cc1)NC(=O)C(N)Cc1ccccc1)CC3. The highest BCUT2D eigenvalue weighted by Gasteiger charge is 2.46. The molecule has 5 aromatic carbocycles. The van der Waals surface area contributed by atoms with Gasteiger partial charge in [-0.3, -0.25) is 19.7 Å². The number of fused-ring (bicyclic) bond motifs is 5. The molecule has 4 heterocycles. The molecule has 0 spiro atoms. The van der Waals surface area contributed by atoms with E-state index in [-0.39, 0.29) is 37.1 Å². The topological polar surface area (TPSA) is 178 Å². The van der Waals surface area contributed by atoms with Gasteiger partial charge >= 0.3 is 5.97 Å². The molecule has 2 unspecified atom stereocenters. The Bertz CT molecular complexity index is 3240. The number of rotatable bonds is 16. The van der Waals surface area contributed by atoms with Crippen molar-refractivity contribution < 1.29 is 28.6 Å². The maximum atomic E-state index is 15.7. The Morgan fingerprint density at radius 2 is 1.53 bits per heavy atom. The lowest BCUT2D eigenvalue weighted by molar-refractivity contribution is -0.172. The van der Waals surface area contributed by atoms with Crippen molar-refractivity contribution in [3.05, 3.63) is 205 Å². The summed E-state index contributed by atoms with van der Waals surface area (Å²) in [6.07, 6.45) is 2.63. The number of hydrogen-bond acceptors (Lipinski definition) is 9. The number of aryl methyl sites for hydroxylation is 2. The lowest BCUT2D eigenvalue weighted by Crippen LogP contribution is -2.52. The number of aromatic nitrogens is 2. The van der Waals surface area contributed by atoms with Crippen LogP contribution in [0.3, 0.4) is 0 Å². The van der Waals surface area contributed by atoms with Gasteiger partial charge in [-0.25, -0.2) is 14.2 Å². The lowest BCUT2D eigenvalue weighted by Gasteiger charge is -2.37. The quantitative estimate of drug-likeness (QED) is 0.0368. The predicted octanol–water partition coefficient (Wildman–Crippen LogP) is 7.75. The molecule has 10 rings (SSSR count). The highest BCUT2D eigenvalue weighted by atomic mass is 19.1. The molecule has 2 aromatic heterocycles. The third kappa shape index (κ3) is 8.58. The molecule has 368 valence electrons. The molecular formula is C59H59FN6O6. The summed E-state index contributed by atoms with van der Waals surface area (Å²) < 4.78 is 22.6. The van der Waals surface area contributed by atoms with E-state index in [4.69, 9.17) is 15.5 Å². The van der Waals surface area contributed by atoms with Crippen LogP contribution in [0.1, 0.15) is 106 Å². The number of amides is 2. The average Bonchev–Trinajstić information content (AvgIpc) is 3.77. The van der Waals surface area contributed by atoms with Crippen LogP contribution in [-0.4, -0.2) is 51.1 Å². The molecular weight excluding hydrogens is 908 g/mol. The molecule has 13 heteroatoms. The van der Waals surface area contributed by atoms with E-state index < -0.39 is 58.4 Å². The van der Waals surface area contributed by atoms with Crippen LogP contribution in [0.4, 0.5) is 4.39 Å². The minimum Gasteiger partial charge on any atom is -0.458 e. The van der Waals surface area contributed by atoms with E-state index in [0.717, 1.165) is 38.9 Å². The fourth-order valence-electron chi connectivity index (χ4n) is 11.2. The molecule has 0 bridgehead atoms. The van der Waals surface area contributed by atoms with Crippen LogP contribution >= 0.6 is 0 Å². The molecule has 3 aliphatic rings. The molecule has 2 amide bonds. The second-order valence-electron chi connectivity index (χ2n) is 19.5. The first-order chi connectivity index (χ1) is 34.8. The highest BCUT2D eigenvalue weighted by molar-refractivity contribution is 5.95. The number of carbonyl (C=O) groups is 3. The number of nitrogens with one attached hydrogen (secondary N) is 3. The molecule has 0 saturated heterocycles. The van der Waals surface area contributed by atoms with Crippen molar-refractivity contribution in [1.29, 1.82) is 0 Å². The van der Waals surface area contributed by atoms with Gasteiger partial charge in [-0.05, 0) is 110 Å². The van der Waals surface area contributed by atoms with Crippen LogP contribution in [0.25, 0.3) is 22.3 Å². The molecule has 0 saturated carbocycles. The summed E-state index contributed by atoms with van der Waals surface area (Å²) >= 11 is 0. The van der Waals surface area contributed by atoms with Gasteiger partial charge in [0.15, 0.2) is 5.60 Å². The van der Waals surface area contributed by atoms with E-state index in [0.29, 0.717) is 72.1 Å². The van der Waals surface area contributed by atoms with Gasteiger partial charge in [0, 0.05) is 22.6 Å². The van der Waals surface area contributed by atoms with E-state index in [1.54, 1.807) is 24.5 Å². The number of ether oxygens (including phenoxy) is 1. The van der Waals surface area contributed by atoms with Gasteiger partial charge in [0.1, 0.15) is 18.5 Å². The van der Waals surface area contributed by atoms with E-state index >= 15 is 4.39 Å². The number of hydrogen-bond donors (Lipinski definition) is 5. The fourth-order valence-corrected chi connectivity index (χ4v) is 11.2. The van der Waals surface area contributed by atoms with Crippen LogP contribution in [-0.2, 0) is 56.3 Å². The molecule has 2 aliphatic heterocycles. The number of halogens is 1. The van der Waals surface area contributed by atoms with Crippen molar-refractivity contribution in [1.82, 2.24) is 25.5 Å². The van der Waals surface area contributed by atoms with Crippen molar-refractivity contribution in [2.75, 3.05) is 6.54 Å². The minimum absolute atomic E-state index is 0.0199. The van der Waals surface area contributed by atoms with E-state index in [9.17, 15) is 24.3 Å². The largest absolute Gasteiger partial charge is 0.458 e. The Hall–Kier alpha value is -7.32. The summed E-state index contributed by atoms with van der Waals surface area (Å²) in [6, 6.07) is 39.3. The highest BCUT2D eigenvalue weighted by Crippen LogP contribution is 2.46. The van der Waals surface area contributed by atoms with E-state index in [1.807, 2.05) is 66.7 Å². The zero-order valence-electron chi connectivity index (χ0n) is 40.8. The van der Waals surface area contributed by atoms with Gasteiger partial charge in [-0.15, -0.1) is 0 Å². The summed E-state index contributed by atoms with van der Waals surface area (Å²) in [5, 5.41) is 22.6. The van der Waals surface area contributed by atoms with Crippen molar-refractivity contribution >= 4 is 28.7 Å². The smallest absolute Gasteiger partial charge is 0.343 e. The van der Waals surface area contributed by atoms with Crippen LogP contribution in [0.2, 0.25) is 0 Å². The molecule has 7 aromatic rings. The zero-order valence-corrected chi connectivity index (χ0v) is 40.8. The Morgan fingerprint density at radius 1 is 0.875 bits per heavy atom. The van der Waals surface area contributed by atoms with Crippen molar-refractivity contribution in [2.45, 2.75) is 108 Å². The third-order valence-electron chi connectivity index (χ3n) is 15.2. The second-order valence-corrected chi connectivity index (χ2v) is 19.5. The van der Waals surface area contributed by atoms with Gasteiger partial charge in [0.25, 0.3) is 5.56 Å². The lowest BCUT2D eigenvalue weighted by atomic mass is 9.76. The number of benzene rings is 5. The number of unbranched alkanes of at least 4 members (excludes halogenated alkanes) is 1. The minimum atomic E-state index is -2.03. The molecule has 72 heavy (non-hydrogen) atoms. The normalized spacial score (nSPS) is 17.6. The number of carbonyl (C=O) groups excluding carboxylic acids is 3. The van der Waals surface area contributed by atoms with Crippen molar-refractivity contribution in [3.8, 4) is 11.4 Å². The predicted molar refractivity (Wildman–Crippen MR) is 274 cm³/mol. The summed E-state index contributed by atoms with van der Waals surface area (Å²) in [6.45, 7) is 5.83. The summed E-state index contributed by atoms with van der Waals surface area (Å²) in [4.78, 5) is 61.2. The average molecular weight is 967 g/mol. The number of pyridine rings is 2.